The third-order valence-corrected chi connectivity index (χ3v) is 3.11. The smallest absolute Gasteiger partial charge is 0.133 e. The van der Waals surface area contributed by atoms with Crippen LogP contribution in [0.4, 0.5) is 5.82 Å². The van der Waals surface area contributed by atoms with E-state index in [4.69, 9.17) is 9.47 Å². The Morgan fingerprint density at radius 2 is 1.95 bits per heavy atom. The fourth-order valence-electron chi connectivity index (χ4n) is 2.04. The van der Waals surface area contributed by atoms with Gasteiger partial charge in [0, 0.05) is 31.8 Å². The number of hydrogen-bond acceptors (Lipinski definition) is 4. The van der Waals surface area contributed by atoms with Gasteiger partial charge in [0.2, 0.25) is 0 Å². The van der Waals surface area contributed by atoms with E-state index in [0.29, 0.717) is 13.2 Å². The van der Waals surface area contributed by atoms with Gasteiger partial charge in [0.1, 0.15) is 5.82 Å². The molecule has 4 heteroatoms. The molecule has 0 unspecified atom stereocenters. The van der Waals surface area contributed by atoms with E-state index >= 15 is 0 Å². The molecule has 0 aliphatic carbocycles. The average Bonchev–Trinajstić information content (AvgIpc) is 2.50. The van der Waals surface area contributed by atoms with Crippen LogP contribution in [0.1, 0.15) is 12.8 Å². The van der Waals surface area contributed by atoms with Crippen LogP contribution in [0.3, 0.4) is 0 Å². The summed E-state index contributed by atoms with van der Waals surface area (Å²) in [4.78, 5) is 4.41. The zero-order valence-corrected chi connectivity index (χ0v) is 12.0. The Morgan fingerprint density at radius 1 is 1.05 bits per heavy atom. The minimum Gasteiger partial charge on any atom is -0.382 e. The normalized spacial score (nSPS) is 10.8. The van der Waals surface area contributed by atoms with Crippen LogP contribution >= 0.6 is 0 Å². The summed E-state index contributed by atoms with van der Waals surface area (Å²) in [6.07, 6.45) is 3.96. The van der Waals surface area contributed by atoms with E-state index in [2.05, 4.69) is 22.4 Å². The standard InChI is InChI=1S/C16H22N2O2/c1-19-12-13-20-11-5-4-9-17-16-15-7-3-2-6-14(15)8-10-18-16/h2-3,6-8,10H,4-5,9,11-13H2,1H3,(H,17,18). The first-order valence-electron chi connectivity index (χ1n) is 7.06. The first-order valence-corrected chi connectivity index (χ1v) is 7.06. The molecule has 0 radical (unpaired) electrons. The van der Waals surface area contributed by atoms with Crippen LogP contribution in [0, 0.1) is 0 Å². The molecule has 1 heterocycles. The zero-order chi connectivity index (χ0) is 14.0. The lowest BCUT2D eigenvalue weighted by atomic mass is 10.1. The third-order valence-electron chi connectivity index (χ3n) is 3.11. The van der Waals surface area contributed by atoms with E-state index in [0.717, 1.165) is 31.8 Å². The van der Waals surface area contributed by atoms with E-state index in [-0.39, 0.29) is 0 Å². The number of pyridine rings is 1. The molecule has 0 fully saturated rings. The molecule has 0 amide bonds. The van der Waals surface area contributed by atoms with Crippen LogP contribution in [0.15, 0.2) is 36.5 Å². The number of hydrogen-bond donors (Lipinski definition) is 1. The van der Waals surface area contributed by atoms with E-state index < -0.39 is 0 Å². The number of unbranched alkanes of at least 4 members (excludes halogenated alkanes) is 1. The van der Waals surface area contributed by atoms with Gasteiger partial charge in [-0.15, -0.1) is 0 Å². The van der Waals surface area contributed by atoms with Crippen molar-refractivity contribution < 1.29 is 9.47 Å². The molecule has 2 rings (SSSR count). The van der Waals surface area contributed by atoms with Crippen molar-refractivity contribution in [2.45, 2.75) is 12.8 Å². The van der Waals surface area contributed by atoms with Gasteiger partial charge in [0.25, 0.3) is 0 Å². The summed E-state index contributed by atoms with van der Waals surface area (Å²) in [7, 11) is 1.68. The number of aromatic nitrogens is 1. The molecule has 108 valence electrons. The van der Waals surface area contributed by atoms with Gasteiger partial charge in [-0.25, -0.2) is 4.98 Å². The van der Waals surface area contributed by atoms with Crippen molar-refractivity contribution in [3.63, 3.8) is 0 Å². The summed E-state index contributed by atoms with van der Waals surface area (Å²) in [6, 6.07) is 10.3. The highest BCUT2D eigenvalue weighted by molar-refractivity contribution is 5.91. The van der Waals surface area contributed by atoms with Gasteiger partial charge < -0.3 is 14.8 Å². The SMILES string of the molecule is COCCOCCCCNc1nccc2ccccc12. The highest BCUT2D eigenvalue weighted by Gasteiger charge is 2.00. The zero-order valence-electron chi connectivity index (χ0n) is 12.0. The number of nitrogens with zero attached hydrogens (tertiary/aromatic N) is 1. The molecule has 0 aliphatic heterocycles. The molecule has 0 saturated heterocycles. The highest BCUT2D eigenvalue weighted by atomic mass is 16.5. The van der Waals surface area contributed by atoms with Gasteiger partial charge in [-0.2, -0.15) is 0 Å². The quantitative estimate of drug-likeness (QED) is 0.714. The molecule has 0 saturated carbocycles. The number of methoxy groups -OCH3 is 1. The van der Waals surface area contributed by atoms with Gasteiger partial charge >= 0.3 is 0 Å². The van der Waals surface area contributed by atoms with Crippen molar-refractivity contribution >= 4 is 16.6 Å². The Hall–Kier alpha value is -1.65. The highest BCUT2D eigenvalue weighted by Crippen LogP contribution is 2.20. The van der Waals surface area contributed by atoms with Crippen molar-refractivity contribution in [2.75, 3.05) is 38.8 Å². The molecular weight excluding hydrogens is 252 g/mol. The Balaban J connectivity index is 1.71. The van der Waals surface area contributed by atoms with Crippen molar-refractivity contribution in [3.8, 4) is 0 Å². The maximum atomic E-state index is 5.43. The summed E-state index contributed by atoms with van der Waals surface area (Å²) < 4.78 is 10.4. The van der Waals surface area contributed by atoms with Crippen molar-refractivity contribution in [2.24, 2.45) is 0 Å². The van der Waals surface area contributed by atoms with Crippen molar-refractivity contribution in [3.05, 3.63) is 36.5 Å². The number of nitrogens with one attached hydrogen (secondary N) is 1. The third kappa shape index (κ3) is 4.47. The number of ether oxygens (including phenoxy) is 2. The summed E-state index contributed by atoms with van der Waals surface area (Å²) in [5, 5.41) is 5.79. The molecule has 0 aliphatic rings. The lowest BCUT2D eigenvalue weighted by molar-refractivity contribution is 0.0691. The minimum absolute atomic E-state index is 0.665. The summed E-state index contributed by atoms with van der Waals surface area (Å²) >= 11 is 0. The Morgan fingerprint density at radius 3 is 2.85 bits per heavy atom. The van der Waals surface area contributed by atoms with Crippen LogP contribution in [-0.2, 0) is 9.47 Å². The summed E-state index contributed by atoms with van der Waals surface area (Å²) in [5.41, 5.74) is 0. The molecule has 20 heavy (non-hydrogen) atoms. The number of benzene rings is 1. The summed E-state index contributed by atoms with van der Waals surface area (Å²) in [5.74, 6) is 0.961. The molecule has 2 aromatic rings. The number of rotatable bonds is 9. The van der Waals surface area contributed by atoms with Gasteiger partial charge in [-0.05, 0) is 24.3 Å². The van der Waals surface area contributed by atoms with E-state index in [1.165, 1.54) is 10.8 Å². The van der Waals surface area contributed by atoms with Gasteiger partial charge in [0.15, 0.2) is 0 Å². The second-order valence-electron chi connectivity index (χ2n) is 4.62. The van der Waals surface area contributed by atoms with Gasteiger partial charge in [-0.1, -0.05) is 24.3 Å². The van der Waals surface area contributed by atoms with E-state index in [9.17, 15) is 0 Å². The Kier molecular flexibility index (Phi) is 6.27. The first kappa shape index (κ1) is 14.8. The molecule has 0 bridgehead atoms. The van der Waals surface area contributed by atoms with Crippen LogP contribution < -0.4 is 5.32 Å². The lowest BCUT2D eigenvalue weighted by Gasteiger charge is -2.08. The van der Waals surface area contributed by atoms with Crippen LogP contribution in [0.5, 0.6) is 0 Å². The number of fused-ring (bicyclic) bond motifs is 1. The van der Waals surface area contributed by atoms with Crippen molar-refractivity contribution in [1.29, 1.82) is 0 Å². The monoisotopic (exact) mass is 274 g/mol. The topological polar surface area (TPSA) is 43.4 Å². The predicted molar refractivity (Wildman–Crippen MR) is 82.2 cm³/mol. The van der Waals surface area contributed by atoms with Crippen molar-refractivity contribution in [1.82, 2.24) is 4.98 Å². The number of anilines is 1. The fourth-order valence-corrected chi connectivity index (χ4v) is 2.04. The van der Waals surface area contributed by atoms with E-state index in [1.807, 2.05) is 24.4 Å². The lowest BCUT2D eigenvalue weighted by Crippen LogP contribution is -2.07. The molecule has 0 atom stereocenters. The first-order chi connectivity index (χ1) is 9.92. The Labute approximate surface area is 120 Å². The maximum Gasteiger partial charge on any atom is 0.133 e. The molecule has 0 spiro atoms. The average molecular weight is 274 g/mol. The fraction of sp³-hybridized carbons (Fsp3) is 0.438. The van der Waals surface area contributed by atoms with E-state index in [1.54, 1.807) is 7.11 Å². The molecule has 1 aromatic carbocycles. The van der Waals surface area contributed by atoms with Gasteiger partial charge in [-0.3, -0.25) is 0 Å². The second-order valence-corrected chi connectivity index (χ2v) is 4.62. The van der Waals surface area contributed by atoms with Crippen LogP contribution in [-0.4, -0.2) is 38.5 Å². The molecular formula is C16H22N2O2. The van der Waals surface area contributed by atoms with Crippen LogP contribution in [0.25, 0.3) is 10.8 Å². The Bertz CT molecular complexity index is 511. The summed E-state index contributed by atoms with van der Waals surface area (Å²) in [6.45, 7) is 3.04. The minimum atomic E-state index is 0.665. The maximum absolute atomic E-state index is 5.43. The van der Waals surface area contributed by atoms with Crippen LogP contribution in [0.2, 0.25) is 0 Å². The molecule has 4 nitrogen and oxygen atoms in total. The van der Waals surface area contributed by atoms with Gasteiger partial charge in [0.05, 0.1) is 13.2 Å². The predicted octanol–water partition coefficient (Wildman–Crippen LogP) is 3.09. The molecule has 1 aromatic heterocycles. The largest absolute Gasteiger partial charge is 0.382 e. The second kappa shape index (κ2) is 8.51. The molecule has 1 N–H and O–H groups in total.